The Morgan fingerprint density at radius 2 is 1.84 bits per heavy atom. The number of benzene rings is 3. The lowest BCUT2D eigenvalue weighted by atomic mass is 10.1. The van der Waals surface area contributed by atoms with Gasteiger partial charge in [0.2, 0.25) is 0 Å². The molecule has 0 spiro atoms. The molecule has 0 aromatic heterocycles. The van der Waals surface area contributed by atoms with E-state index in [1.807, 2.05) is 24.3 Å². The number of hydroxylamine groups is 1. The number of nitrogens with one attached hydrogen (secondary N) is 2. The van der Waals surface area contributed by atoms with Crippen molar-refractivity contribution in [2.45, 2.75) is 19.6 Å². The van der Waals surface area contributed by atoms with Gasteiger partial charge >= 0.3 is 0 Å². The Kier molecular flexibility index (Phi) is 5.95. The topological polar surface area (TPSA) is 70.7 Å². The van der Waals surface area contributed by atoms with Gasteiger partial charge in [0.15, 0.2) is 0 Å². The smallest absolute Gasteiger partial charge is 0.274 e. The van der Waals surface area contributed by atoms with Gasteiger partial charge in [0, 0.05) is 28.9 Å². The van der Waals surface area contributed by atoms with E-state index in [1.54, 1.807) is 48.2 Å². The standard InChI is InChI=1S/C24H22FN3O3/c1-2-31-27-23(29)17-6-5-7-19(14-17)26-22-20-8-3-4-9-21(20)24(30)28(22)15-16-10-12-18(25)13-11-16/h3-14,22,26H,2,15H2,1H3,(H,27,29). The molecule has 7 heteroatoms. The van der Waals surface area contributed by atoms with Gasteiger partial charge < -0.3 is 10.2 Å². The van der Waals surface area contributed by atoms with Crippen LogP contribution in [0.5, 0.6) is 0 Å². The summed E-state index contributed by atoms with van der Waals surface area (Å²) in [5.74, 6) is -0.782. The van der Waals surface area contributed by atoms with E-state index >= 15 is 0 Å². The van der Waals surface area contributed by atoms with Crippen LogP contribution in [0.2, 0.25) is 0 Å². The monoisotopic (exact) mass is 419 g/mol. The Morgan fingerprint density at radius 1 is 1.06 bits per heavy atom. The maximum absolute atomic E-state index is 13.3. The third kappa shape index (κ3) is 4.41. The number of carbonyl (C=O) groups is 2. The van der Waals surface area contributed by atoms with E-state index in [0.717, 1.165) is 11.1 Å². The lowest BCUT2D eigenvalue weighted by Gasteiger charge is -2.27. The van der Waals surface area contributed by atoms with Crippen LogP contribution in [0.3, 0.4) is 0 Å². The van der Waals surface area contributed by atoms with Gasteiger partial charge in [0.25, 0.3) is 11.8 Å². The van der Waals surface area contributed by atoms with Crippen molar-refractivity contribution in [1.82, 2.24) is 10.4 Å². The number of carbonyl (C=O) groups excluding carboxylic acids is 2. The average molecular weight is 419 g/mol. The van der Waals surface area contributed by atoms with E-state index in [-0.39, 0.29) is 17.6 Å². The van der Waals surface area contributed by atoms with Crippen molar-refractivity contribution in [3.63, 3.8) is 0 Å². The zero-order valence-electron chi connectivity index (χ0n) is 17.0. The molecule has 0 bridgehead atoms. The number of nitrogens with zero attached hydrogens (tertiary/aromatic N) is 1. The third-order valence-corrected chi connectivity index (χ3v) is 5.06. The summed E-state index contributed by atoms with van der Waals surface area (Å²) >= 11 is 0. The minimum atomic E-state index is -0.432. The molecule has 0 saturated heterocycles. The molecular weight excluding hydrogens is 397 g/mol. The molecule has 1 aliphatic heterocycles. The maximum Gasteiger partial charge on any atom is 0.274 e. The Hall–Kier alpha value is -3.71. The highest BCUT2D eigenvalue weighted by Gasteiger charge is 2.36. The number of hydrogen-bond acceptors (Lipinski definition) is 4. The van der Waals surface area contributed by atoms with Crippen molar-refractivity contribution in [3.8, 4) is 0 Å². The first-order valence-electron chi connectivity index (χ1n) is 10.00. The van der Waals surface area contributed by atoms with Gasteiger partial charge in [-0.15, -0.1) is 0 Å². The molecule has 31 heavy (non-hydrogen) atoms. The molecule has 158 valence electrons. The number of rotatable bonds is 7. The van der Waals surface area contributed by atoms with Gasteiger partial charge in [0.1, 0.15) is 12.0 Å². The van der Waals surface area contributed by atoms with Crippen LogP contribution in [0.1, 0.15) is 44.9 Å². The normalized spacial score (nSPS) is 15.0. The first-order valence-corrected chi connectivity index (χ1v) is 10.00. The highest BCUT2D eigenvalue weighted by Crippen LogP contribution is 2.35. The molecule has 0 radical (unpaired) electrons. The van der Waals surface area contributed by atoms with Crippen LogP contribution in [0.4, 0.5) is 10.1 Å². The van der Waals surface area contributed by atoms with Crippen LogP contribution in [0, 0.1) is 5.82 Å². The van der Waals surface area contributed by atoms with Crippen LogP contribution >= 0.6 is 0 Å². The molecular formula is C24H22FN3O3. The molecule has 2 N–H and O–H groups in total. The first-order chi connectivity index (χ1) is 15.1. The largest absolute Gasteiger partial charge is 0.361 e. The van der Waals surface area contributed by atoms with E-state index in [4.69, 9.17) is 4.84 Å². The van der Waals surface area contributed by atoms with Crippen molar-refractivity contribution < 1.29 is 18.8 Å². The van der Waals surface area contributed by atoms with Crippen molar-refractivity contribution in [2.24, 2.45) is 0 Å². The highest BCUT2D eigenvalue weighted by molar-refractivity contribution is 5.99. The SMILES string of the molecule is CCONC(=O)c1cccc(NC2c3ccccc3C(=O)N2Cc2ccc(F)cc2)c1. The second-order valence-corrected chi connectivity index (χ2v) is 7.14. The van der Waals surface area contributed by atoms with Crippen LogP contribution in [0.25, 0.3) is 0 Å². The summed E-state index contributed by atoms with van der Waals surface area (Å²) in [7, 11) is 0. The Balaban J connectivity index is 1.62. The van der Waals surface area contributed by atoms with Gasteiger partial charge in [-0.05, 0) is 48.9 Å². The van der Waals surface area contributed by atoms with Crippen LogP contribution in [-0.4, -0.2) is 23.3 Å². The summed E-state index contributed by atoms with van der Waals surface area (Å²) in [6.45, 7) is 2.46. The van der Waals surface area contributed by atoms with E-state index in [9.17, 15) is 14.0 Å². The minimum Gasteiger partial charge on any atom is -0.361 e. The Labute approximate surface area is 179 Å². The quantitative estimate of drug-likeness (QED) is 0.561. The minimum absolute atomic E-state index is 0.109. The molecule has 1 unspecified atom stereocenters. The molecule has 0 aliphatic carbocycles. The van der Waals surface area contributed by atoms with Crippen LogP contribution < -0.4 is 10.8 Å². The molecule has 3 aromatic rings. The fourth-order valence-corrected chi connectivity index (χ4v) is 3.58. The zero-order valence-corrected chi connectivity index (χ0v) is 17.0. The summed E-state index contributed by atoms with van der Waals surface area (Å²) < 4.78 is 13.3. The number of anilines is 1. The van der Waals surface area contributed by atoms with Gasteiger partial charge in [-0.25, -0.2) is 9.87 Å². The Morgan fingerprint density at radius 3 is 2.61 bits per heavy atom. The second kappa shape index (κ2) is 8.97. The van der Waals surface area contributed by atoms with Crippen LogP contribution in [-0.2, 0) is 11.4 Å². The lowest BCUT2D eigenvalue weighted by molar-refractivity contribution is 0.0364. The highest BCUT2D eigenvalue weighted by atomic mass is 19.1. The summed E-state index contributed by atoms with van der Waals surface area (Å²) in [6, 6.07) is 20.5. The van der Waals surface area contributed by atoms with E-state index < -0.39 is 6.17 Å². The molecule has 0 saturated carbocycles. The lowest BCUT2D eigenvalue weighted by Crippen LogP contribution is -2.32. The summed E-state index contributed by atoms with van der Waals surface area (Å²) in [6.07, 6.45) is -0.432. The molecule has 1 atom stereocenters. The molecule has 4 rings (SSSR count). The van der Waals surface area contributed by atoms with Gasteiger partial charge in [-0.1, -0.05) is 36.4 Å². The predicted octanol–water partition coefficient (Wildman–Crippen LogP) is 4.27. The fourth-order valence-electron chi connectivity index (χ4n) is 3.58. The molecule has 2 amide bonds. The molecule has 1 aliphatic rings. The number of hydrogen-bond donors (Lipinski definition) is 2. The van der Waals surface area contributed by atoms with Gasteiger partial charge in [-0.3, -0.25) is 14.4 Å². The first kappa shape index (κ1) is 20.6. The van der Waals surface area contributed by atoms with Crippen molar-refractivity contribution in [1.29, 1.82) is 0 Å². The Bertz CT molecular complexity index is 1100. The second-order valence-electron chi connectivity index (χ2n) is 7.14. The van der Waals surface area contributed by atoms with E-state index in [1.165, 1.54) is 12.1 Å². The molecule has 3 aromatic carbocycles. The van der Waals surface area contributed by atoms with Gasteiger partial charge in [-0.2, -0.15) is 0 Å². The number of halogens is 1. The number of amides is 2. The summed E-state index contributed by atoms with van der Waals surface area (Å²) in [4.78, 5) is 32.0. The van der Waals surface area contributed by atoms with Crippen molar-refractivity contribution in [3.05, 3.63) is 101 Å². The summed E-state index contributed by atoms with van der Waals surface area (Å²) in [5, 5.41) is 3.37. The zero-order chi connectivity index (χ0) is 21.8. The van der Waals surface area contributed by atoms with Gasteiger partial charge in [0.05, 0.1) is 6.61 Å². The third-order valence-electron chi connectivity index (χ3n) is 5.06. The molecule has 6 nitrogen and oxygen atoms in total. The van der Waals surface area contributed by atoms with Crippen molar-refractivity contribution in [2.75, 3.05) is 11.9 Å². The summed E-state index contributed by atoms with van der Waals surface area (Å²) in [5.41, 5.74) is 5.77. The molecule has 0 fully saturated rings. The number of fused-ring (bicyclic) bond motifs is 1. The van der Waals surface area contributed by atoms with Crippen molar-refractivity contribution >= 4 is 17.5 Å². The molecule has 1 heterocycles. The van der Waals surface area contributed by atoms with E-state index in [2.05, 4.69) is 10.8 Å². The fraction of sp³-hybridized carbons (Fsp3) is 0.167. The average Bonchev–Trinajstić information content (AvgIpc) is 3.05. The van der Waals surface area contributed by atoms with E-state index in [0.29, 0.717) is 30.0 Å². The van der Waals surface area contributed by atoms with Crippen LogP contribution in [0.15, 0.2) is 72.8 Å². The maximum atomic E-state index is 13.3. The predicted molar refractivity (Wildman–Crippen MR) is 115 cm³/mol.